The minimum absolute atomic E-state index is 0.275. The number of hydrogen-bond acceptors (Lipinski definition) is 4. The number of amides is 2. The molecule has 21 heavy (non-hydrogen) atoms. The van der Waals surface area contributed by atoms with E-state index in [2.05, 4.69) is 10.3 Å². The Morgan fingerprint density at radius 1 is 1.24 bits per heavy atom. The number of hydrogen-bond donors (Lipinski definition) is 2. The first kappa shape index (κ1) is 15.1. The van der Waals surface area contributed by atoms with Gasteiger partial charge in [-0.05, 0) is 30.0 Å². The van der Waals surface area contributed by atoms with Gasteiger partial charge in [0.1, 0.15) is 0 Å². The number of carbonyl (C=O) groups excluding carboxylic acids is 2. The second-order valence-corrected chi connectivity index (χ2v) is 5.47. The number of rotatable bonds is 5. The molecular formula is C15H15N3O2S. The molecule has 0 atom stereocenters. The fourth-order valence-corrected chi connectivity index (χ4v) is 2.34. The molecule has 0 aliphatic carbocycles. The van der Waals surface area contributed by atoms with Gasteiger partial charge in [-0.1, -0.05) is 19.1 Å². The zero-order valence-corrected chi connectivity index (χ0v) is 12.3. The van der Waals surface area contributed by atoms with E-state index in [1.54, 1.807) is 48.2 Å². The molecule has 0 unspecified atom stereocenters. The van der Waals surface area contributed by atoms with Crippen molar-refractivity contribution in [1.82, 2.24) is 4.98 Å². The van der Waals surface area contributed by atoms with Gasteiger partial charge in [0, 0.05) is 6.20 Å². The molecule has 0 aliphatic heterocycles. The number of primary amides is 1. The van der Waals surface area contributed by atoms with E-state index in [0.717, 1.165) is 10.8 Å². The molecule has 0 saturated carbocycles. The predicted molar refractivity (Wildman–Crippen MR) is 83.5 cm³/mol. The largest absolute Gasteiger partial charge is 0.366 e. The highest BCUT2D eigenvalue weighted by Gasteiger charge is 2.12. The van der Waals surface area contributed by atoms with E-state index < -0.39 is 5.91 Å². The second-order valence-electron chi connectivity index (χ2n) is 4.18. The normalized spacial score (nSPS) is 10.1. The van der Waals surface area contributed by atoms with Crippen LogP contribution in [0.5, 0.6) is 0 Å². The van der Waals surface area contributed by atoms with Crippen molar-refractivity contribution in [2.75, 3.05) is 11.1 Å². The fraction of sp³-hybridized carbons (Fsp3) is 0.133. The van der Waals surface area contributed by atoms with Crippen molar-refractivity contribution in [3.05, 3.63) is 53.7 Å². The number of para-hydroxylation sites is 1. The van der Waals surface area contributed by atoms with Crippen LogP contribution in [-0.4, -0.2) is 22.6 Å². The first-order valence-electron chi connectivity index (χ1n) is 6.41. The van der Waals surface area contributed by atoms with Crippen LogP contribution >= 0.6 is 11.8 Å². The van der Waals surface area contributed by atoms with Crippen LogP contribution in [0.25, 0.3) is 0 Å². The number of pyridine rings is 1. The van der Waals surface area contributed by atoms with E-state index in [1.165, 1.54) is 6.20 Å². The molecule has 2 amide bonds. The summed E-state index contributed by atoms with van der Waals surface area (Å²) in [5.74, 6) is 0.00724. The van der Waals surface area contributed by atoms with E-state index in [4.69, 9.17) is 5.73 Å². The minimum atomic E-state index is -0.585. The van der Waals surface area contributed by atoms with Crippen LogP contribution in [0.2, 0.25) is 0 Å². The number of nitrogens with two attached hydrogens (primary N) is 1. The molecule has 2 rings (SSSR count). The van der Waals surface area contributed by atoms with Crippen molar-refractivity contribution in [3.8, 4) is 0 Å². The highest BCUT2D eigenvalue weighted by atomic mass is 32.2. The maximum Gasteiger partial charge on any atom is 0.257 e. The summed E-state index contributed by atoms with van der Waals surface area (Å²) in [5, 5.41) is 3.54. The Bertz CT molecular complexity index is 656. The summed E-state index contributed by atoms with van der Waals surface area (Å²) >= 11 is 1.60. The van der Waals surface area contributed by atoms with Crippen molar-refractivity contribution in [2.24, 2.45) is 5.73 Å². The molecule has 6 heteroatoms. The monoisotopic (exact) mass is 301 g/mol. The Kier molecular flexibility index (Phi) is 4.94. The number of carbonyl (C=O) groups is 2. The Morgan fingerprint density at radius 2 is 2.00 bits per heavy atom. The lowest BCUT2D eigenvalue weighted by Crippen LogP contribution is -2.18. The number of nitrogens with one attached hydrogen (secondary N) is 1. The van der Waals surface area contributed by atoms with Gasteiger partial charge in [0.05, 0.1) is 21.8 Å². The predicted octanol–water partition coefficient (Wildman–Crippen LogP) is 2.54. The van der Waals surface area contributed by atoms with Crippen molar-refractivity contribution < 1.29 is 9.59 Å². The second kappa shape index (κ2) is 6.90. The number of benzene rings is 1. The average molecular weight is 301 g/mol. The summed E-state index contributed by atoms with van der Waals surface area (Å²) in [4.78, 5) is 27.7. The van der Waals surface area contributed by atoms with Crippen molar-refractivity contribution >= 4 is 29.3 Å². The summed E-state index contributed by atoms with van der Waals surface area (Å²) in [5.41, 5.74) is 6.37. The van der Waals surface area contributed by atoms with Crippen molar-refractivity contribution in [1.29, 1.82) is 0 Å². The van der Waals surface area contributed by atoms with Crippen LogP contribution in [0.15, 0.2) is 47.6 Å². The molecule has 0 bridgehead atoms. The first-order valence-corrected chi connectivity index (χ1v) is 7.39. The van der Waals surface area contributed by atoms with E-state index in [-0.39, 0.29) is 11.5 Å². The zero-order chi connectivity index (χ0) is 15.2. The molecule has 2 aromatic rings. The zero-order valence-electron chi connectivity index (χ0n) is 11.5. The molecule has 0 spiro atoms. The molecule has 0 saturated heterocycles. The standard InChI is InChI=1S/C15H15N3O2S/c1-2-21-13-8-7-10(9-17-13)15(20)18-12-6-4-3-5-11(12)14(16)19/h3-9H,2H2,1H3,(H2,16,19)(H,18,20). The maximum atomic E-state index is 12.1. The third-order valence-corrected chi connectivity index (χ3v) is 3.56. The van der Waals surface area contributed by atoms with Gasteiger partial charge in [-0.25, -0.2) is 4.98 Å². The molecule has 1 aromatic heterocycles. The summed E-state index contributed by atoms with van der Waals surface area (Å²) in [7, 11) is 0. The molecule has 1 aromatic carbocycles. The lowest BCUT2D eigenvalue weighted by molar-refractivity contribution is 0.100. The van der Waals surface area contributed by atoms with E-state index in [0.29, 0.717) is 11.3 Å². The number of anilines is 1. The highest BCUT2D eigenvalue weighted by Crippen LogP contribution is 2.17. The Labute approximate surface area is 127 Å². The van der Waals surface area contributed by atoms with Crippen molar-refractivity contribution in [3.63, 3.8) is 0 Å². The highest BCUT2D eigenvalue weighted by molar-refractivity contribution is 7.99. The molecule has 3 N–H and O–H groups in total. The molecule has 0 fully saturated rings. The van der Waals surface area contributed by atoms with Crippen LogP contribution in [0.4, 0.5) is 5.69 Å². The lowest BCUT2D eigenvalue weighted by atomic mass is 10.1. The van der Waals surface area contributed by atoms with Gasteiger partial charge in [-0.15, -0.1) is 11.8 Å². The SMILES string of the molecule is CCSc1ccc(C(=O)Nc2ccccc2C(N)=O)cn1. The summed E-state index contributed by atoms with van der Waals surface area (Å²) in [6, 6.07) is 10.1. The minimum Gasteiger partial charge on any atom is -0.366 e. The van der Waals surface area contributed by atoms with Crippen LogP contribution in [0.3, 0.4) is 0 Å². The third kappa shape index (κ3) is 3.82. The number of nitrogens with zero attached hydrogens (tertiary/aromatic N) is 1. The van der Waals surface area contributed by atoms with E-state index in [9.17, 15) is 9.59 Å². The fourth-order valence-electron chi connectivity index (χ4n) is 1.75. The van der Waals surface area contributed by atoms with Gasteiger partial charge in [0.15, 0.2) is 0 Å². The summed E-state index contributed by atoms with van der Waals surface area (Å²) in [6.45, 7) is 2.04. The summed E-state index contributed by atoms with van der Waals surface area (Å²) in [6.07, 6.45) is 1.51. The smallest absolute Gasteiger partial charge is 0.257 e. The molecule has 0 aliphatic rings. The molecule has 0 radical (unpaired) electrons. The Hall–Kier alpha value is -2.34. The molecule has 108 valence electrons. The van der Waals surface area contributed by atoms with E-state index >= 15 is 0 Å². The van der Waals surface area contributed by atoms with Crippen molar-refractivity contribution in [2.45, 2.75) is 11.9 Å². The molecule has 5 nitrogen and oxygen atoms in total. The topological polar surface area (TPSA) is 85.1 Å². The summed E-state index contributed by atoms with van der Waals surface area (Å²) < 4.78 is 0. The lowest BCUT2D eigenvalue weighted by Gasteiger charge is -2.08. The van der Waals surface area contributed by atoms with Crippen LogP contribution in [0.1, 0.15) is 27.6 Å². The van der Waals surface area contributed by atoms with Gasteiger partial charge in [0.2, 0.25) is 0 Å². The Balaban J connectivity index is 2.16. The maximum absolute atomic E-state index is 12.1. The third-order valence-electron chi connectivity index (χ3n) is 2.73. The van der Waals surface area contributed by atoms with Gasteiger partial charge < -0.3 is 11.1 Å². The molecule has 1 heterocycles. The van der Waals surface area contributed by atoms with Crippen LogP contribution in [-0.2, 0) is 0 Å². The average Bonchev–Trinajstić information content (AvgIpc) is 2.48. The van der Waals surface area contributed by atoms with E-state index in [1.807, 2.05) is 6.92 Å². The van der Waals surface area contributed by atoms with Crippen LogP contribution < -0.4 is 11.1 Å². The number of aromatic nitrogens is 1. The van der Waals surface area contributed by atoms with Gasteiger partial charge in [-0.2, -0.15) is 0 Å². The first-order chi connectivity index (χ1) is 10.1. The molecular weight excluding hydrogens is 286 g/mol. The quantitative estimate of drug-likeness (QED) is 0.831. The number of thioether (sulfide) groups is 1. The van der Waals surface area contributed by atoms with Gasteiger partial charge >= 0.3 is 0 Å². The van der Waals surface area contributed by atoms with Gasteiger partial charge in [0.25, 0.3) is 11.8 Å². The Morgan fingerprint density at radius 3 is 2.62 bits per heavy atom. The van der Waals surface area contributed by atoms with Gasteiger partial charge in [-0.3, -0.25) is 9.59 Å². The van der Waals surface area contributed by atoms with Crippen LogP contribution in [0, 0.1) is 0 Å².